The molecule has 1 aliphatic heterocycles. The molecule has 0 aliphatic carbocycles. The van der Waals surface area contributed by atoms with E-state index in [4.69, 9.17) is 0 Å². The number of hydrogen-bond donors (Lipinski definition) is 1. The molecular formula is C9H17NO2S2. The van der Waals surface area contributed by atoms with Crippen LogP contribution in [-0.2, 0) is 4.79 Å². The van der Waals surface area contributed by atoms with Gasteiger partial charge in [0, 0.05) is 11.0 Å². The molecule has 1 rings (SSSR count). The van der Waals surface area contributed by atoms with Crippen molar-refractivity contribution >= 4 is 27.5 Å². The molecule has 1 amide bonds. The Kier molecular flexibility index (Phi) is 5.93. The van der Waals surface area contributed by atoms with Gasteiger partial charge < -0.3 is 10.3 Å². The van der Waals surface area contributed by atoms with Crippen LogP contribution < -0.4 is 5.06 Å². The Morgan fingerprint density at radius 1 is 1.57 bits per heavy atom. The number of hydroxylamine groups is 2. The molecule has 82 valence electrons. The monoisotopic (exact) mass is 235 g/mol. The summed E-state index contributed by atoms with van der Waals surface area (Å²) in [5.41, 5.74) is 0. The second-order valence-electron chi connectivity index (χ2n) is 3.55. The van der Waals surface area contributed by atoms with Gasteiger partial charge in [-0.1, -0.05) is 28.0 Å². The summed E-state index contributed by atoms with van der Waals surface area (Å²) in [6.45, 7) is 0. The van der Waals surface area contributed by atoms with E-state index < -0.39 is 0 Å². The number of unbranched alkanes of at least 4 members (excludes halogenated alkanes) is 1. The van der Waals surface area contributed by atoms with Gasteiger partial charge in [0.2, 0.25) is 0 Å². The first-order valence-corrected chi connectivity index (χ1v) is 7.40. The van der Waals surface area contributed by atoms with Gasteiger partial charge in [0.15, 0.2) is 0 Å². The van der Waals surface area contributed by atoms with Crippen LogP contribution >= 0.6 is 21.6 Å². The van der Waals surface area contributed by atoms with Crippen LogP contribution in [0, 0.1) is 5.21 Å². The van der Waals surface area contributed by atoms with Gasteiger partial charge in [-0.05, 0) is 19.3 Å². The Hall–Kier alpha value is 0.290. The van der Waals surface area contributed by atoms with Crippen LogP contribution in [0.15, 0.2) is 0 Å². The standard InChI is InChI=1S/C9H17NO2S2/c1-10(12)9(11)5-3-2-4-8-6-7-13-14-8/h8,10H,2-7H2,1H3. The van der Waals surface area contributed by atoms with E-state index in [9.17, 15) is 10.0 Å². The van der Waals surface area contributed by atoms with Crippen molar-refractivity contribution < 1.29 is 9.86 Å². The van der Waals surface area contributed by atoms with Crippen molar-refractivity contribution in [2.24, 2.45) is 0 Å². The number of hydrogen-bond acceptors (Lipinski definition) is 4. The molecule has 0 spiro atoms. The maximum Gasteiger partial charge on any atom is 0.311 e. The Morgan fingerprint density at radius 3 is 2.93 bits per heavy atom. The van der Waals surface area contributed by atoms with E-state index in [2.05, 4.69) is 0 Å². The van der Waals surface area contributed by atoms with Gasteiger partial charge in [-0.3, -0.25) is 0 Å². The first-order valence-electron chi connectivity index (χ1n) is 5.02. The number of quaternary nitrogens is 1. The molecule has 0 aromatic heterocycles. The molecule has 0 saturated carbocycles. The molecule has 1 N–H and O–H groups in total. The molecule has 5 heteroatoms. The molecule has 0 bridgehead atoms. The Morgan fingerprint density at radius 2 is 2.36 bits per heavy atom. The number of carbonyl (C=O) groups is 1. The van der Waals surface area contributed by atoms with Crippen molar-refractivity contribution in [1.82, 2.24) is 0 Å². The average Bonchev–Trinajstić information content (AvgIpc) is 2.64. The predicted octanol–water partition coefficient (Wildman–Crippen LogP) is 1.24. The highest BCUT2D eigenvalue weighted by Gasteiger charge is 2.16. The van der Waals surface area contributed by atoms with Crippen LogP contribution in [0.5, 0.6) is 0 Å². The van der Waals surface area contributed by atoms with Gasteiger partial charge in [0.1, 0.15) is 0 Å². The minimum atomic E-state index is -0.296. The molecule has 0 aromatic carbocycles. The fourth-order valence-corrected chi connectivity index (χ4v) is 4.43. The fraction of sp³-hybridized carbons (Fsp3) is 0.889. The van der Waals surface area contributed by atoms with Crippen LogP contribution in [-0.4, -0.2) is 24.0 Å². The minimum Gasteiger partial charge on any atom is -0.627 e. The molecule has 1 fully saturated rings. The summed E-state index contributed by atoms with van der Waals surface area (Å²) in [7, 11) is 5.27. The molecule has 1 heterocycles. The van der Waals surface area contributed by atoms with Gasteiger partial charge in [0.25, 0.3) is 0 Å². The zero-order valence-corrected chi connectivity index (χ0v) is 10.1. The topological polar surface area (TPSA) is 44.6 Å². The van der Waals surface area contributed by atoms with E-state index in [1.165, 1.54) is 25.6 Å². The van der Waals surface area contributed by atoms with Crippen molar-refractivity contribution in [3.63, 3.8) is 0 Å². The second-order valence-corrected chi connectivity index (χ2v) is 6.34. The number of amides is 1. The van der Waals surface area contributed by atoms with Crippen LogP contribution in [0.25, 0.3) is 0 Å². The highest BCUT2D eigenvalue weighted by molar-refractivity contribution is 8.77. The minimum absolute atomic E-state index is 0.210. The van der Waals surface area contributed by atoms with E-state index in [1.54, 1.807) is 0 Å². The summed E-state index contributed by atoms with van der Waals surface area (Å²) < 4.78 is 0. The maximum absolute atomic E-state index is 11.0. The van der Waals surface area contributed by atoms with Gasteiger partial charge >= 0.3 is 5.91 Å². The van der Waals surface area contributed by atoms with E-state index in [-0.39, 0.29) is 11.0 Å². The zero-order chi connectivity index (χ0) is 10.4. The average molecular weight is 235 g/mol. The van der Waals surface area contributed by atoms with E-state index in [0.717, 1.165) is 18.1 Å². The zero-order valence-electron chi connectivity index (χ0n) is 8.45. The van der Waals surface area contributed by atoms with Gasteiger partial charge in [0.05, 0.1) is 13.5 Å². The largest absolute Gasteiger partial charge is 0.627 e. The van der Waals surface area contributed by atoms with Crippen LogP contribution in [0.3, 0.4) is 0 Å². The second kappa shape index (κ2) is 6.71. The molecule has 0 aromatic rings. The van der Waals surface area contributed by atoms with Crippen LogP contribution in [0.1, 0.15) is 32.1 Å². The molecular weight excluding hydrogens is 218 g/mol. The van der Waals surface area contributed by atoms with Gasteiger partial charge in [-0.25, -0.2) is 4.79 Å². The summed E-state index contributed by atoms with van der Waals surface area (Å²) in [6, 6.07) is 0. The molecule has 1 aliphatic rings. The number of nitrogens with one attached hydrogen (secondary N) is 1. The first kappa shape index (κ1) is 12.4. The lowest BCUT2D eigenvalue weighted by Gasteiger charge is -2.13. The van der Waals surface area contributed by atoms with E-state index in [0.29, 0.717) is 6.42 Å². The molecule has 3 nitrogen and oxygen atoms in total. The van der Waals surface area contributed by atoms with Gasteiger partial charge in [-0.15, -0.1) is 0 Å². The highest BCUT2D eigenvalue weighted by atomic mass is 33.1. The Bertz CT molecular complexity index is 182. The summed E-state index contributed by atoms with van der Waals surface area (Å²) >= 11 is 0. The normalized spacial score (nSPS) is 23.7. The van der Waals surface area contributed by atoms with Crippen LogP contribution in [0.4, 0.5) is 0 Å². The molecule has 2 atom stereocenters. The SMILES string of the molecule is C[NH+]([O-])C(=O)CCCCC1CCSS1. The predicted molar refractivity (Wildman–Crippen MR) is 62.2 cm³/mol. The van der Waals surface area contributed by atoms with Crippen molar-refractivity contribution in [1.29, 1.82) is 0 Å². The highest BCUT2D eigenvalue weighted by Crippen LogP contribution is 2.39. The van der Waals surface area contributed by atoms with Crippen molar-refractivity contribution in [2.75, 3.05) is 12.8 Å². The van der Waals surface area contributed by atoms with Gasteiger partial charge in [-0.2, -0.15) is 0 Å². The van der Waals surface area contributed by atoms with Crippen molar-refractivity contribution in [3.8, 4) is 0 Å². The lowest BCUT2D eigenvalue weighted by molar-refractivity contribution is -0.741. The number of rotatable bonds is 5. The molecule has 0 radical (unpaired) electrons. The lowest BCUT2D eigenvalue weighted by atomic mass is 10.1. The third-order valence-electron chi connectivity index (χ3n) is 2.30. The molecule has 14 heavy (non-hydrogen) atoms. The maximum atomic E-state index is 11.0. The summed E-state index contributed by atoms with van der Waals surface area (Å²) in [5.74, 6) is 1.06. The summed E-state index contributed by atoms with van der Waals surface area (Å²) in [4.78, 5) is 11.0. The van der Waals surface area contributed by atoms with Crippen molar-refractivity contribution in [3.05, 3.63) is 5.21 Å². The lowest BCUT2D eigenvalue weighted by Crippen LogP contribution is -3.06. The van der Waals surface area contributed by atoms with Crippen LogP contribution in [0.2, 0.25) is 0 Å². The molecule has 1 saturated heterocycles. The quantitative estimate of drug-likeness (QED) is 0.442. The van der Waals surface area contributed by atoms with Crippen molar-refractivity contribution in [2.45, 2.75) is 37.4 Å². The third-order valence-corrected chi connectivity index (χ3v) is 5.31. The Balaban J connectivity index is 1.96. The number of carbonyl (C=O) groups excluding carboxylic acids is 1. The third kappa shape index (κ3) is 4.68. The summed E-state index contributed by atoms with van der Waals surface area (Å²) in [6.07, 6.45) is 4.90. The molecule has 2 unspecified atom stereocenters. The first-order chi connectivity index (χ1) is 6.70. The fourth-order valence-electron chi connectivity index (χ4n) is 1.40. The smallest absolute Gasteiger partial charge is 0.311 e. The summed E-state index contributed by atoms with van der Waals surface area (Å²) in [5, 5.41) is 11.1. The Labute approximate surface area is 93.0 Å². The van der Waals surface area contributed by atoms with E-state index >= 15 is 0 Å². The van der Waals surface area contributed by atoms with E-state index in [1.807, 2.05) is 21.6 Å².